The minimum absolute atomic E-state index is 0.00378. The Kier molecular flexibility index (Phi) is 5.58. The highest BCUT2D eigenvalue weighted by Crippen LogP contribution is 2.24. The highest BCUT2D eigenvalue weighted by atomic mass is 32.2. The summed E-state index contributed by atoms with van der Waals surface area (Å²) in [5.74, 6) is 0.503. The van der Waals surface area contributed by atoms with Crippen LogP contribution in [0.4, 0.5) is 5.69 Å². The first-order valence-electron chi connectivity index (χ1n) is 7.90. The average molecular weight is 392 g/mol. The number of thioether (sulfide) groups is 1. The van der Waals surface area contributed by atoms with Crippen LogP contribution in [0, 0.1) is 17.2 Å². The van der Waals surface area contributed by atoms with E-state index in [1.165, 1.54) is 0 Å². The number of hydrogen-bond acceptors (Lipinski definition) is 8. The Labute approximate surface area is 154 Å². The number of rotatable bonds is 6. The van der Waals surface area contributed by atoms with Crippen LogP contribution in [0.5, 0.6) is 0 Å². The van der Waals surface area contributed by atoms with Gasteiger partial charge in [0.2, 0.25) is 11.8 Å². The molecule has 0 bridgehead atoms. The van der Waals surface area contributed by atoms with Crippen molar-refractivity contribution >= 4 is 33.2 Å². The summed E-state index contributed by atoms with van der Waals surface area (Å²) >= 11 is 1.09. The lowest BCUT2D eigenvalue weighted by atomic mass is 10.1. The number of aromatic nitrogens is 2. The molecule has 10 heteroatoms. The number of hydrogen-bond donors (Lipinski definition) is 1. The van der Waals surface area contributed by atoms with E-state index in [-0.39, 0.29) is 34.3 Å². The van der Waals surface area contributed by atoms with E-state index in [9.17, 15) is 13.2 Å². The molecule has 0 aliphatic carbocycles. The fourth-order valence-electron chi connectivity index (χ4n) is 2.66. The normalized spacial score (nSPS) is 18.3. The number of benzene rings is 1. The summed E-state index contributed by atoms with van der Waals surface area (Å²) in [4.78, 5) is 12.0. The molecule has 1 atom stereocenters. The van der Waals surface area contributed by atoms with Gasteiger partial charge in [0, 0.05) is 6.42 Å². The number of nitrogens with zero attached hydrogens (tertiary/aromatic N) is 3. The minimum atomic E-state index is -2.94. The van der Waals surface area contributed by atoms with Gasteiger partial charge >= 0.3 is 0 Å². The van der Waals surface area contributed by atoms with Crippen LogP contribution >= 0.6 is 11.8 Å². The van der Waals surface area contributed by atoms with Crippen LogP contribution in [0.2, 0.25) is 0 Å². The number of carbonyl (C=O) groups excluding carboxylic acids is 1. The number of para-hydroxylation sites is 1. The van der Waals surface area contributed by atoms with Crippen molar-refractivity contribution < 1.29 is 17.6 Å². The van der Waals surface area contributed by atoms with Gasteiger partial charge in [-0.05, 0) is 24.5 Å². The van der Waals surface area contributed by atoms with Crippen LogP contribution in [-0.4, -0.2) is 41.8 Å². The third-order valence-electron chi connectivity index (χ3n) is 3.89. The summed E-state index contributed by atoms with van der Waals surface area (Å²) in [6.07, 6.45) is 1.03. The summed E-state index contributed by atoms with van der Waals surface area (Å²) in [5.41, 5.74) is 0.840. The number of anilines is 1. The van der Waals surface area contributed by atoms with Crippen LogP contribution in [0.15, 0.2) is 33.9 Å². The highest BCUT2D eigenvalue weighted by molar-refractivity contribution is 7.99. The third-order valence-corrected chi connectivity index (χ3v) is 6.54. The second-order valence-electron chi connectivity index (χ2n) is 5.93. The van der Waals surface area contributed by atoms with E-state index in [1.54, 1.807) is 24.3 Å². The average Bonchev–Trinajstić information content (AvgIpc) is 3.19. The standard InChI is InChI=1S/C16H16N4O4S2/c17-8-12-3-1-2-4-13(12)18-14(21)9-25-16-20-19-15(24-16)7-11-5-6-26(22,23)10-11/h1-4,11H,5-7,9-10H2,(H,18,21)/t11-/m0/s1. The fourth-order valence-corrected chi connectivity index (χ4v) is 5.10. The predicted molar refractivity (Wildman–Crippen MR) is 95.3 cm³/mol. The molecule has 1 saturated heterocycles. The van der Waals surface area contributed by atoms with Crippen LogP contribution < -0.4 is 5.32 Å². The maximum atomic E-state index is 12.0. The zero-order valence-electron chi connectivity index (χ0n) is 13.7. The lowest BCUT2D eigenvalue weighted by Crippen LogP contribution is -2.14. The first kappa shape index (κ1) is 18.4. The minimum Gasteiger partial charge on any atom is -0.416 e. The van der Waals surface area contributed by atoms with Gasteiger partial charge in [0.25, 0.3) is 5.22 Å². The van der Waals surface area contributed by atoms with Gasteiger partial charge in [-0.2, -0.15) is 5.26 Å². The van der Waals surface area contributed by atoms with Crippen molar-refractivity contribution in [1.82, 2.24) is 10.2 Å². The van der Waals surface area contributed by atoms with Gasteiger partial charge in [-0.15, -0.1) is 10.2 Å². The molecule has 1 aromatic carbocycles. The van der Waals surface area contributed by atoms with Crippen molar-refractivity contribution in [3.63, 3.8) is 0 Å². The Hall–Kier alpha value is -2.38. The van der Waals surface area contributed by atoms with Gasteiger partial charge in [-0.25, -0.2) is 8.42 Å². The van der Waals surface area contributed by atoms with E-state index in [0.29, 0.717) is 30.0 Å². The summed E-state index contributed by atoms with van der Waals surface area (Å²) in [5, 5.41) is 19.7. The molecular formula is C16H16N4O4S2. The van der Waals surface area contributed by atoms with Crippen LogP contribution in [0.3, 0.4) is 0 Å². The Bertz CT molecular complexity index is 949. The van der Waals surface area contributed by atoms with Crippen molar-refractivity contribution in [2.24, 2.45) is 5.92 Å². The molecule has 2 heterocycles. The van der Waals surface area contributed by atoms with Gasteiger partial charge in [-0.1, -0.05) is 23.9 Å². The Morgan fingerprint density at radius 3 is 2.92 bits per heavy atom. The molecule has 1 fully saturated rings. The topological polar surface area (TPSA) is 126 Å². The number of sulfone groups is 1. The van der Waals surface area contributed by atoms with Gasteiger partial charge < -0.3 is 9.73 Å². The summed E-state index contributed by atoms with van der Waals surface area (Å²) < 4.78 is 28.4. The van der Waals surface area contributed by atoms with Crippen molar-refractivity contribution in [3.8, 4) is 6.07 Å². The molecule has 1 aliphatic rings. The second-order valence-corrected chi connectivity index (χ2v) is 9.08. The number of carbonyl (C=O) groups is 1. The third kappa shape index (κ3) is 4.83. The maximum Gasteiger partial charge on any atom is 0.277 e. The van der Waals surface area contributed by atoms with Crippen molar-refractivity contribution in [2.75, 3.05) is 22.6 Å². The zero-order chi connectivity index (χ0) is 18.6. The Morgan fingerprint density at radius 2 is 2.19 bits per heavy atom. The molecule has 26 heavy (non-hydrogen) atoms. The molecule has 1 aromatic heterocycles. The lowest BCUT2D eigenvalue weighted by Gasteiger charge is -2.05. The molecule has 8 nitrogen and oxygen atoms in total. The molecule has 0 spiro atoms. The molecule has 0 radical (unpaired) electrons. The molecule has 3 rings (SSSR count). The predicted octanol–water partition coefficient (Wildman–Crippen LogP) is 1.65. The molecule has 1 aliphatic heterocycles. The van der Waals surface area contributed by atoms with Crippen LogP contribution in [0.1, 0.15) is 17.9 Å². The van der Waals surface area contributed by atoms with Gasteiger partial charge in [0.05, 0.1) is 28.5 Å². The molecule has 1 amide bonds. The fraction of sp³-hybridized carbons (Fsp3) is 0.375. The van der Waals surface area contributed by atoms with Gasteiger partial charge in [-0.3, -0.25) is 4.79 Å². The summed E-state index contributed by atoms with van der Waals surface area (Å²) in [7, 11) is -2.94. The molecular weight excluding hydrogens is 376 g/mol. The quantitative estimate of drug-likeness (QED) is 0.735. The van der Waals surface area contributed by atoms with E-state index in [0.717, 1.165) is 11.8 Å². The first-order valence-corrected chi connectivity index (χ1v) is 10.7. The lowest BCUT2D eigenvalue weighted by molar-refractivity contribution is -0.113. The maximum absolute atomic E-state index is 12.0. The van der Waals surface area contributed by atoms with Crippen molar-refractivity contribution in [2.45, 2.75) is 18.1 Å². The highest BCUT2D eigenvalue weighted by Gasteiger charge is 2.29. The first-order chi connectivity index (χ1) is 12.4. The summed E-state index contributed by atoms with van der Waals surface area (Å²) in [6.45, 7) is 0. The van der Waals surface area contributed by atoms with Crippen LogP contribution in [0.25, 0.3) is 0 Å². The Morgan fingerprint density at radius 1 is 1.38 bits per heavy atom. The number of amides is 1. The van der Waals surface area contributed by atoms with E-state index in [1.807, 2.05) is 6.07 Å². The number of nitriles is 1. The molecule has 0 unspecified atom stereocenters. The van der Waals surface area contributed by atoms with Crippen molar-refractivity contribution in [3.05, 3.63) is 35.7 Å². The summed E-state index contributed by atoms with van der Waals surface area (Å²) in [6, 6.07) is 8.74. The van der Waals surface area contributed by atoms with Gasteiger partial charge in [0.1, 0.15) is 6.07 Å². The monoisotopic (exact) mass is 392 g/mol. The van der Waals surface area contributed by atoms with Crippen LogP contribution in [-0.2, 0) is 21.1 Å². The largest absolute Gasteiger partial charge is 0.416 e. The van der Waals surface area contributed by atoms with E-state index in [4.69, 9.17) is 9.68 Å². The Balaban J connectivity index is 1.50. The van der Waals surface area contributed by atoms with E-state index in [2.05, 4.69) is 15.5 Å². The molecule has 136 valence electrons. The second kappa shape index (κ2) is 7.88. The smallest absolute Gasteiger partial charge is 0.277 e. The molecule has 2 aromatic rings. The van der Waals surface area contributed by atoms with Gasteiger partial charge in [0.15, 0.2) is 9.84 Å². The zero-order valence-corrected chi connectivity index (χ0v) is 15.3. The van der Waals surface area contributed by atoms with Crippen molar-refractivity contribution in [1.29, 1.82) is 5.26 Å². The molecule has 0 saturated carbocycles. The molecule has 1 N–H and O–H groups in total. The van der Waals surface area contributed by atoms with E-state index < -0.39 is 9.84 Å². The number of nitrogens with one attached hydrogen (secondary N) is 1. The van der Waals surface area contributed by atoms with E-state index >= 15 is 0 Å². The SMILES string of the molecule is N#Cc1ccccc1NC(=O)CSc1nnc(C[C@@H]2CCS(=O)(=O)C2)o1.